The number of hydrogen-bond acceptors (Lipinski definition) is 2. The molecule has 0 aliphatic heterocycles. The van der Waals surface area contributed by atoms with Crippen molar-refractivity contribution in [2.75, 3.05) is 5.75 Å². The highest BCUT2D eigenvalue weighted by Gasteiger charge is 2.25. The normalized spacial score (nSPS) is 11.3. The topological polar surface area (TPSA) is 9.23 Å². The zero-order valence-electron chi connectivity index (χ0n) is 9.14. The lowest BCUT2D eigenvalue weighted by atomic mass is 10.9. The van der Waals surface area contributed by atoms with Crippen molar-refractivity contribution in [3.8, 4) is 0 Å². The van der Waals surface area contributed by atoms with Gasteiger partial charge >= 0.3 is 0 Å². The molecule has 0 radical (unpaired) electrons. The van der Waals surface area contributed by atoms with E-state index >= 15 is 0 Å². The van der Waals surface area contributed by atoms with Crippen LogP contribution in [-0.2, 0) is 4.18 Å². The van der Waals surface area contributed by atoms with E-state index in [-0.39, 0.29) is 0 Å². The summed E-state index contributed by atoms with van der Waals surface area (Å²) in [5.74, 6) is 1.13. The quantitative estimate of drug-likeness (QED) is 0.260. The Morgan fingerprint density at radius 3 is 2.15 bits per heavy atom. The summed E-state index contributed by atoms with van der Waals surface area (Å²) in [7, 11) is -0.903. The first-order valence-corrected chi connectivity index (χ1v) is 8.87. The maximum atomic E-state index is 5.07. The lowest BCUT2D eigenvalue weighted by molar-refractivity contribution is 0.569. The van der Waals surface area contributed by atoms with Crippen LogP contribution in [0.5, 0.6) is 0 Å². The first-order chi connectivity index (χ1) is 6.24. The summed E-state index contributed by atoms with van der Waals surface area (Å²) >= 11 is 1.54. The van der Waals surface area contributed by atoms with Gasteiger partial charge in [-0.25, -0.2) is 0 Å². The largest absolute Gasteiger partial charge is 0.434 e. The highest BCUT2D eigenvalue weighted by molar-refractivity contribution is 7.94. The molecular formula is C10H22OSSi. The molecule has 0 atom stereocenters. The van der Waals surface area contributed by atoms with Gasteiger partial charge in [0.2, 0.25) is 0 Å². The maximum Gasteiger partial charge on any atom is 0.0938 e. The van der Waals surface area contributed by atoms with Gasteiger partial charge in [-0.15, -0.1) is 0 Å². The molecule has 0 aromatic heterocycles. The van der Waals surface area contributed by atoms with Crippen molar-refractivity contribution < 1.29 is 4.18 Å². The SMILES string of the molecule is C=COSCC[Si](CC)(CC)CC. The van der Waals surface area contributed by atoms with E-state index in [4.69, 9.17) is 4.18 Å². The van der Waals surface area contributed by atoms with Gasteiger partial charge in [0.05, 0.1) is 26.4 Å². The van der Waals surface area contributed by atoms with E-state index < -0.39 is 8.07 Å². The summed E-state index contributed by atoms with van der Waals surface area (Å²) in [4.78, 5) is 0. The molecule has 1 nitrogen and oxygen atoms in total. The van der Waals surface area contributed by atoms with Gasteiger partial charge in [-0.05, 0) is 6.04 Å². The third kappa shape index (κ3) is 4.77. The summed E-state index contributed by atoms with van der Waals surface area (Å²) < 4.78 is 5.07. The summed E-state index contributed by atoms with van der Waals surface area (Å²) in [5.41, 5.74) is 0. The van der Waals surface area contributed by atoms with Crippen LogP contribution in [0.2, 0.25) is 24.2 Å². The third-order valence-electron chi connectivity index (χ3n) is 3.10. The van der Waals surface area contributed by atoms with Crippen LogP contribution in [0.25, 0.3) is 0 Å². The van der Waals surface area contributed by atoms with E-state index in [1.165, 1.54) is 30.4 Å². The van der Waals surface area contributed by atoms with Gasteiger partial charge in [-0.3, -0.25) is 0 Å². The molecule has 0 rings (SSSR count). The molecule has 13 heavy (non-hydrogen) atoms. The van der Waals surface area contributed by atoms with E-state index in [1.807, 2.05) is 0 Å². The molecule has 0 aliphatic carbocycles. The standard InChI is InChI=1S/C10H22OSSi/c1-5-11-12-9-10-13(6-2,7-3)8-4/h5H,1,6-10H2,2-4H3. The van der Waals surface area contributed by atoms with Crippen LogP contribution < -0.4 is 0 Å². The van der Waals surface area contributed by atoms with Crippen LogP contribution in [0.4, 0.5) is 0 Å². The van der Waals surface area contributed by atoms with Gasteiger partial charge < -0.3 is 4.18 Å². The van der Waals surface area contributed by atoms with Gasteiger partial charge in [0, 0.05) is 5.75 Å². The molecule has 0 aromatic rings. The van der Waals surface area contributed by atoms with Crippen LogP contribution in [0.1, 0.15) is 20.8 Å². The molecule has 78 valence electrons. The van der Waals surface area contributed by atoms with Crippen LogP contribution in [0, 0.1) is 0 Å². The second-order valence-corrected chi connectivity index (χ2v) is 9.85. The lowest BCUT2D eigenvalue weighted by Crippen LogP contribution is -2.31. The Labute approximate surface area is 88.2 Å². The lowest BCUT2D eigenvalue weighted by Gasteiger charge is -2.27. The first kappa shape index (κ1) is 13.1. The van der Waals surface area contributed by atoms with Gasteiger partial charge in [0.25, 0.3) is 0 Å². The zero-order valence-corrected chi connectivity index (χ0v) is 11.0. The zero-order chi connectivity index (χ0) is 10.2. The van der Waals surface area contributed by atoms with E-state index in [0.717, 1.165) is 5.75 Å². The summed E-state index contributed by atoms with van der Waals surface area (Å²) in [6.45, 7) is 10.6. The van der Waals surface area contributed by atoms with E-state index in [1.54, 1.807) is 12.0 Å². The van der Waals surface area contributed by atoms with E-state index in [0.29, 0.717) is 0 Å². The van der Waals surface area contributed by atoms with Gasteiger partial charge in [0.1, 0.15) is 0 Å². The molecule has 0 fully saturated rings. The van der Waals surface area contributed by atoms with Crippen molar-refractivity contribution in [1.82, 2.24) is 0 Å². The minimum Gasteiger partial charge on any atom is -0.434 e. The number of hydrogen-bond donors (Lipinski definition) is 0. The van der Waals surface area contributed by atoms with Gasteiger partial charge in [0.15, 0.2) is 0 Å². The summed E-state index contributed by atoms with van der Waals surface area (Å²) in [6, 6.07) is 5.62. The van der Waals surface area contributed by atoms with Crippen molar-refractivity contribution >= 4 is 20.1 Å². The molecule has 0 aliphatic rings. The molecule has 0 amide bonds. The second-order valence-electron chi connectivity index (χ2n) is 3.40. The average Bonchev–Trinajstić information content (AvgIpc) is 2.20. The summed E-state index contributed by atoms with van der Waals surface area (Å²) in [6.07, 6.45) is 1.51. The number of rotatable bonds is 8. The van der Waals surface area contributed by atoms with Gasteiger partial charge in [-0.1, -0.05) is 45.5 Å². The highest BCUT2D eigenvalue weighted by atomic mass is 32.2. The Balaban J connectivity index is 3.74. The fourth-order valence-electron chi connectivity index (χ4n) is 1.63. The second kappa shape index (κ2) is 7.51. The van der Waals surface area contributed by atoms with Crippen LogP contribution in [0.15, 0.2) is 12.8 Å². The molecule has 3 heteroatoms. The molecule has 0 aromatic carbocycles. The third-order valence-corrected chi connectivity index (χ3v) is 9.92. The van der Waals surface area contributed by atoms with Crippen molar-refractivity contribution in [3.05, 3.63) is 12.8 Å². The van der Waals surface area contributed by atoms with E-state index in [2.05, 4.69) is 27.4 Å². The van der Waals surface area contributed by atoms with E-state index in [9.17, 15) is 0 Å². The predicted octanol–water partition coefficient (Wildman–Crippen LogP) is 4.30. The molecule has 0 heterocycles. The van der Waals surface area contributed by atoms with Crippen LogP contribution in [-0.4, -0.2) is 13.8 Å². The molecule has 0 spiro atoms. The van der Waals surface area contributed by atoms with Gasteiger partial charge in [-0.2, -0.15) is 0 Å². The van der Waals surface area contributed by atoms with Crippen molar-refractivity contribution in [3.63, 3.8) is 0 Å². The van der Waals surface area contributed by atoms with Crippen LogP contribution >= 0.6 is 12.0 Å². The first-order valence-electron chi connectivity index (χ1n) is 5.13. The Bertz CT molecular complexity index is 127. The molecular weight excluding hydrogens is 196 g/mol. The fraction of sp³-hybridized carbons (Fsp3) is 0.800. The Morgan fingerprint density at radius 1 is 1.23 bits per heavy atom. The molecule has 0 saturated heterocycles. The predicted molar refractivity (Wildman–Crippen MR) is 65.7 cm³/mol. The smallest absolute Gasteiger partial charge is 0.0938 e. The Hall–Kier alpha value is 0.107. The summed E-state index contributed by atoms with van der Waals surface area (Å²) in [5, 5.41) is 0. The molecule has 0 unspecified atom stereocenters. The fourth-order valence-corrected chi connectivity index (χ4v) is 6.45. The van der Waals surface area contributed by atoms with Crippen molar-refractivity contribution in [2.24, 2.45) is 0 Å². The average molecular weight is 218 g/mol. The Kier molecular flexibility index (Phi) is 7.57. The molecule has 0 N–H and O–H groups in total. The maximum absolute atomic E-state index is 5.07. The molecule has 0 bridgehead atoms. The minimum absolute atomic E-state index is 0.903. The minimum atomic E-state index is -0.903. The monoisotopic (exact) mass is 218 g/mol. The highest BCUT2D eigenvalue weighted by Crippen LogP contribution is 2.26. The van der Waals surface area contributed by atoms with Crippen LogP contribution in [0.3, 0.4) is 0 Å². The molecule has 0 saturated carbocycles. The Morgan fingerprint density at radius 2 is 1.77 bits per heavy atom. The van der Waals surface area contributed by atoms with Crippen molar-refractivity contribution in [1.29, 1.82) is 0 Å². The van der Waals surface area contributed by atoms with Crippen molar-refractivity contribution in [2.45, 2.75) is 44.9 Å².